The maximum atomic E-state index is 12.5. The van der Waals surface area contributed by atoms with E-state index < -0.39 is 0 Å². The van der Waals surface area contributed by atoms with Crippen LogP contribution in [0.2, 0.25) is 0 Å². The molecule has 2 aliphatic carbocycles. The molecule has 3 aliphatic rings. The van der Waals surface area contributed by atoms with Crippen molar-refractivity contribution in [1.82, 2.24) is 15.3 Å². The average molecular weight is 440 g/mol. The fourth-order valence-corrected chi connectivity index (χ4v) is 6.22. The van der Waals surface area contributed by atoms with Crippen LogP contribution in [0.1, 0.15) is 52.4 Å². The van der Waals surface area contributed by atoms with E-state index in [1.54, 1.807) is 7.05 Å². The largest absolute Gasteiger partial charge is 0.393 e. The molecule has 1 heterocycles. The molecule has 0 bridgehead atoms. The molecule has 0 spiro atoms. The molecular formula is C24H45N3O4. The number of carbonyl (C=O) groups is 1. The van der Waals surface area contributed by atoms with E-state index in [0.29, 0.717) is 30.4 Å². The molecule has 8 atom stereocenters. The number of hydroxylamine groups is 2. The second-order valence-electron chi connectivity index (χ2n) is 10.3. The van der Waals surface area contributed by atoms with Gasteiger partial charge in [0.15, 0.2) is 0 Å². The SMILES string of the molecule is CCOC1C(CN2CC([C@H](C)O)CO2)CCCC1C1CC(C(=O)NC)CC(N(C)C)C1. The highest BCUT2D eigenvalue weighted by atomic mass is 16.7. The zero-order chi connectivity index (χ0) is 22.5. The Labute approximate surface area is 188 Å². The summed E-state index contributed by atoms with van der Waals surface area (Å²) in [4.78, 5) is 20.8. The van der Waals surface area contributed by atoms with Crippen LogP contribution in [-0.4, -0.2) is 86.7 Å². The highest BCUT2D eigenvalue weighted by Crippen LogP contribution is 2.44. The summed E-state index contributed by atoms with van der Waals surface area (Å²) in [5, 5.41) is 14.9. The number of nitrogens with one attached hydrogen (secondary N) is 1. The molecule has 0 aromatic carbocycles. The Balaban J connectivity index is 1.71. The maximum absolute atomic E-state index is 12.5. The number of nitrogens with zero attached hydrogens (tertiary/aromatic N) is 2. The quantitative estimate of drug-likeness (QED) is 0.604. The van der Waals surface area contributed by atoms with Gasteiger partial charge >= 0.3 is 0 Å². The molecule has 3 fully saturated rings. The van der Waals surface area contributed by atoms with Gasteiger partial charge < -0.3 is 20.1 Å². The molecule has 1 saturated heterocycles. The molecule has 0 aromatic rings. The van der Waals surface area contributed by atoms with Crippen LogP contribution in [-0.2, 0) is 14.4 Å². The summed E-state index contributed by atoms with van der Waals surface area (Å²) in [6, 6.07) is 0.442. The lowest BCUT2D eigenvalue weighted by Gasteiger charge is -2.47. The van der Waals surface area contributed by atoms with Crippen LogP contribution in [0.3, 0.4) is 0 Å². The van der Waals surface area contributed by atoms with Crippen LogP contribution in [0.5, 0.6) is 0 Å². The smallest absolute Gasteiger partial charge is 0.222 e. The lowest BCUT2D eigenvalue weighted by atomic mass is 9.65. The fraction of sp³-hybridized carbons (Fsp3) is 0.958. The summed E-state index contributed by atoms with van der Waals surface area (Å²) in [6.07, 6.45) is 6.48. The van der Waals surface area contributed by atoms with Gasteiger partial charge in [-0.1, -0.05) is 6.42 Å². The van der Waals surface area contributed by atoms with Crippen molar-refractivity contribution in [1.29, 1.82) is 0 Å². The van der Waals surface area contributed by atoms with E-state index in [2.05, 4.69) is 36.3 Å². The van der Waals surface area contributed by atoms with Gasteiger partial charge in [0, 0.05) is 50.5 Å². The third kappa shape index (κ3) is 6.20. The van der Waals surface area contributed by atoms with E-state index >= 15 is 0 Å². The first-order valence-electron chi connectivity index (χ1n) is 12.4. The molecule has 2 N–H and O–H groups in total. The summed E-state index contributed by atoms with van der Waals surface area (Å²) in [7, 11) is 6.04. The van der Waals surface area contributed by atoms with Gasteiger partial charge in [-0.2, -0.15) is 5.06 Å². The van der Waals surface area contributed by atoms with Crippen molar-refractivity contribution in [3.63, 3.8) is 0 Å². The Morgan fingerprint density at radius 1 is 1.29 bits per heavy atom. The summed E-state index contributed by atoms with van der Waals surface area (Å²) in [5.74, 6) is 1.90. The molecule has 2 saturated carbocycles. The Kier molecular flexibility index (Phi) is 9.17. The summed E-state index contributed by atoms with van der Waals surface area (Å²) in [5.41, 5.74) is 0. The third-order valence-corrected chi connectivity index (χ3v) is 8.06. The lowest BCUT2D eigenvalue weighted by Crippen LogP contribution is -2.49. The summed E-state index contributed by atoms with van der Waals surface area (Å²) < 4.78 is 6.42. The standard InChI is InChI=1S/C24H45N3O4/c1-6-30-23-17(13-27-14-20(15-31-27)16(2)28)8-7-9-22(23)18-10-19(24(29)25-3)12-21(11-18)26(4)5/h16-23,28H,6-15H2,1-5H3,(H,25,29)/t16-,17?,18?,19?,20?,21?,22?,23?/m0/s1. The van der Waals surface area contributed by atoms with Gasteiger partial charge in [0.1, 0.15) is 0 Å². The van der Waals surface area contributed by atoms with Gasteiger partial charge in [-0.05, 0) is 71.9 Å². The van der Waals surface area contributed by atoms with Crippen LogP contribution < -0.4 is 5.32 Å². The topological polar surface area (TPSA) is 74.3 Å². The van der Waals surface area contributed by atoms with E-state index in [-0.39, 0.29) is 30.0 Å². The predicted octanol–water partition coefficient (Wildman–Crippen LogP) is 2.14. The van der Waals surface area contributed by atoms with Crippen LogP contribution in [0.4, 0.5) is 0 Å². The number of hydrogen-bond donors (Lipinski definition) is 2. The van der Waals surface area contributed by atoms with E-state index in [1.165, 1.54) is 12.8 Å². The van der Waals surface area contributed by atoms with Crippen molar-refractivity contribution in [2.24, 2.45) is 29.6 Å². The molecule has 7 heteroatoms. The Morgan fingerprint density at radius 2 is 2.06 bits per heavy atom. The van der Waals surface area contributed by atoms with E-state index in [4.69, 9.17) is 9.57 Å². The highest BCUT2D eigenvalue weighted by molar-refractivity contribution is 5.78. The zero-order valence-corrected chi connectivity index (χ0v) is 20.3. The first-order valence-corrected chi connectivity index (χ1v) is 12.4. The summed E-state index contributed by atoms with van der Waals surface area (Å²) in [6.45, 7) is 6.93. The van der Waals surface area contributed by atoms with Gasteiger partial charge in [0.05, 0.1) is 18.8 Å². The number of amides is 1. The van der Waals surface area contributed by atoms with Gasteiger partial charge in [-0.3, -0.25) is 9.63 Å². The number of rotatable bonds is 8. The minimum absolute atomic E-state index is 0.0903. The second-order valence-corrected chi connectivity index (χ2v) is 10.3. The molecule has 0 aromatic heterocycles. The minimum atomic E-state index is -0.335. The Morgan fingerprint density at radius 3 is 2.68 bits per heavy atom. The number of carbonyl (C=O) groups excluding carboxylic acids is 1. The number of aliphatic hydroxyl groups excluding tert-OH is 1. The highest BCUT2D eigenvalue weighted by Gasteiger charge is 2.44. The molecule has 1 aliphatic heterocycles. The van der Waals surface area contributed by atoms with Crippen LogP contribution in [0.25, 0.3) is 0 Å². The second kappa shape index (κ2) is 11.4. The summed E-state index contributed by atoms with van der Waals surface area (Å²) >= 11 is 0. The van der Waals surface area contributed by atoms with Gasteiger partial charge in [-0.25, -0.2) is 0 Å². The fourth-order valence-electron chi connectivity index (χ4n) is 6.22. The van der Waals surface area contributed by atoms with E-state index in [1.807, 2.05) is 6.92 Å². The maximum Gasteiger partial charge on any atom is 0.222 e. The average Bonchev–Trinajstić information content (AvgIpc) is 3.23. The van der Waals surface area contributed by atoms with E-state index in [0.717, 1.165) is 45.4 Å². The zero-order valence-electron chi connectivity index (χ0n) is 20.3. The van der Waals surface area contributed by atoms with Crippen LogP contribution in [0.15, 0.2) is 0 Å². The van der Waals surface area contributed by atoms with Gasteiger partial charge in [0.2, 0.25) is 5.91 Å². The van der Waals surface area contributed by atoms with Crippen LogP contribution >= 0.6 is 0 Å². The minimum Gasteiger partial charge on any atom is -0.393 e. The van der Waals surface area contributed by atoms with Gasteiger partial charge in [-0.15, -0.1) is 0 Å². The lowest BCUT2D eigenvalue weighted by molar-refractivity contribution is -0.149. The van der Waals surface area contributed by atoms with Crippen molar-refractivity contribution in [2.75, 3.05) is 47.4 Å². The molecule has 7 unspecified atom stereocenters. The molecule has 180 valence electrons. The molecule has 7 nitrogen and oxygen atoms in total. The van der Waals surface area contributed by atoms with Crippen molar-refractivity contribution < 1.29 is 19.5 Å². The number of hydrogen-bond acceptors (Lipinski definition) is 6. The first-order chi connectivity index (χ1) is 14.8. The molecular weight excluding hydrogens is 394 g/mol. The molecule has 3 rings (SSSR count). The Hall–Kier alpha value is -0.730. The van der Waals surface area contributed by atoms with Gasteiger partial charge in [0.25, 0.3) is 0 Å². The number of ether oxygens (including phenoxy) is 1. The van der Waals surface area contributed by atoms with Crippen molar-refractivity contribution >= 4 is 5.91 Å². The monoisotopic (exact) mass is 439 g/mol. The molecule has 0 radical (unpaired) electrons. The normalized spacial score (nSPS) is 38.4. The van der Waals surface area contributed by atoms with Crippen molar-refractivity contribution in [3.8, 4) is 0 Å². The molecule has 1 amide bonds. The Bertz CT molecular complexity index is 573. The van der Waals surface area contributed by atoms with E-state index in [9.17, 15) is 9.90 Å². The number of aliphatic hydroxyl groups is 1. The predicted molar refractivity (Wildman–Crippen MR) is 121 cm³/mol. The van der Waals surface area contributed by atoms with Crippen molar-refractivity contribution in [2.45, 2.75) is 70.6 Å². The third-order valence-electron chi connectivity index (χ3n) is 8.06. The van der Waals surface area contributed by atoms with Crippen molar-refractivity contribution in [3.05, 3.63) is 0 Å². The van der Waals surface area contributed by atoms with Crippen LogP contribution in [0, 0.1) is 29.6 Å². The molecule has 31 heavy (non-hydrogen) atoms. The first kappa shape index (κ1) is 24.9.